The van der Waals surface area contributed by atoms with E-state index in [2.05, 4.69) is 21.8 Å². The summed E-state index contributed by atoms with van der Waals surface area (Å²) in [5, 5.41) is 9.76. The molecule has 1 atom stereocenters. The quantitative estimate of drug-likeness (QED) is 0.843. The van der Waals surface area contributed by atoms with Crippen molar-refractivity contribution in [3.05, 3.63) is 17.0 Å². The normalized spacial score (nSPS) is 20.6. The molecule has 0 amide bonds. The molecule has 0 aromatic carbocycles. The fourth-order valence-electron chi connectivity index (χ4n) is 2.47. The molecular weight excluding hydrogens is 238 g/mol. The molecule has 1 aromatic heterocycles. The van der Waals surface area contributed by atoms with Crippen molar-refractivity contribution < 1.29 is 5.11 Å². The van der Waals surface area contributed by atoms with E-state index in [9.17, 15) is 5.11 Å². The lowest BCUT2D eigenvalue weighted by molar-refractivity contribution is 0.280. The lowest BCUT2D eigenvalue weighted by Gasteiger charge is -2.37. The molecular formula is C12H18ClN3O. The number of piperidine rings is 1. The summed E-state index contributed by atoms with van der Waals surface area (Å²) < 4.78 is 0. The number of halogens is 1. The Bertz CT molecular complexity index is 386. The van der Waals surface area contributed by atoms with Gasteiger partial charge in [-0.25, -0.2) is 9.97 Å². The van der Waals surface area contributed by atoms with Crippen LogP contribution in [0, 0.1) is 0 Å². The second-order valence-electron chi connectivity index (χ2n) is 4.38. The van der Waals surface area contributed by atoms with Crippen LogP contribution in [0.25, 0.3) is 0 Å². The van der Waals surface area contributed by atoms with Gasteiger partial charge in [-0.1, -0.05) is 18.5 Å². The summed E-state index contributed by atoms with van der Waals surface area (Å²) in [4.78, 5) is 10.5. The fourth-order valence-corrected chi connectivity index (χ4v) is 2.66. The first kappa shape index (κ1) is 12.6. The van der Waals surface area contributed by atoms with E-state index in [-0.39, 0.29) is 6.61 Å². The van der Waals surface area contributed by atoms with Crippen LogP contribution in [0.3, 0.4) is 0 Å². The minimum atomic E-state index is -0.109. The predicted molar refractivity (Wildman–Crippen MR) is 68.2 cm³/mol. The highest BCUT2D eigenvalue weighted by atomic mass is 35.5. The van der Waals surface area contributed by atoms with E-state index < -0.39 is 0 Å². The summed E-state index contributed by atoms with van der Waals surface area (Å²) in [6.07, 6.45) is 6.18. The Kier molecular flexibility index (Phi) is 4.18. The molecule has 4 nitrogen and oxygen atoms in total. The Balaban J connectivity index is 2.34. The summed E-state index contributed by atoms with van der Waals surface area (Å²) in [6.45, 7) is 3.06. The van der Waals surface area contributed by atoms with Crippen molar-refractivity contribution in [3.63, 3.8) is 0 Å². The molecule has 0 bridgehead atoms. The van der Waals surface area contributed by atoms with Gasteiger partial charge in [0.2, 0.25) is 0 Å². The van der Waals surface area contributed by atoms with Crippen LogP contribution in [0.4, 0.5) is 5.82 Å². The van der Waals surface area contributed by atoms with Gasteiger partial charge in [0.05, 0.1) is 12.2 Å². The van der Waals surface area contributed by atoms with Crippen molar-refractivity contribution in [3.8, 4) is 0 Å². The first-order valence-corrected chi connectivity index (χ1v) is 6.52. The lowest BCUT2D eigenvalue weighted by Crippen LogP contribution is -2.40. The van der Waals surface area contributed by atoms with Crippen LogP contribution in [-0.2, 0) is 6.61 Å². The molecule has 0 radical (unpaired) electrons. The molecule has 1 aliphatic heterocycles. The zero-order valence-electron chi connectivity index (χ0n) is 10.1. The Morgan fingerprint density at radius 1 is 1.47 bits per heavy atom. The van der Waals surface area contributed by atoms with Crippen LogP contribution in [-0.4, -0.2) is 27.7 Å². The van der Waals surface area contributed by atoms with Crippen molar-refractivity contribution in [2.75, 3.05) is 11.4 Å². The van der Waals surface area contributed by atoms with Crippen LogP contribution < -0.4 is 4.90 Å². The number of aliphatic hydroxyl groups is 1. The monoisotopic (exact) mass is 255 g/mol. The number of aromatic nitrogens is 2. The van der Waals surface area contributed by atoms with Crippen molar-refractivity contribution >= 4 is 17.4 Å². The summed E-state index contributed by atoms with van der Waals surface area (Å²) in [7, 11) is 0. The third kappa shape index (κ3) is 2.53. The van der Waals surface area contributed by atoms with Crippen LogP contribution in [0.5, 0.6) is 0 Å². The van der Waals surface area contributed by atoms with Gasteiger partial charge in [-0.3, -0.25) is 0 Å². The van der Waals surface area contributed by atoms with Crippen LogP contribution >= 0.6 is 11.6 Å². The molecule has 2 heterocycles. The molecule has 1 aromatic rings. The van der Waals surface area contributed by atoms with Crippen LogP contribution in [0.2, 0.25) is 5.15 Å². The lowest BCUT2D eigenvalue weighted by atomic mass is 9.99. The van der Waals surface area contributed by atoms with Gasteiger partial charge >= 0.3 is 0 Å². The summed E-state index contributed by atoms with van der Waals surface area (Å²) in [5.74, 6) is 0.805. The number of rotatable bonds is 3. The van der Waals surface area contributed by atoms with E-state index in [0.717, 1.165) is 18.8 Å². The molecule has 0 aliphatic carbocycles. The zero-order chi connectivity index (χ0) is 12.3. The molecule has 2 rings (SSSR count). The third-order valence-corrected chi connectivity index (χ3v) is 3.72. The molecule has 1 unspecified atom stereocenters. The maximum atomic E-state index is 9.40. The average molecular weight is 256 g/mol. The first-order chi connectivity index (χ1) is 8.27. The van der Waals surface area contributed by atoms with E-state index in [1.54, 1.807) is 0 Å². The molecule has 17 heavy (non-hydrogen) atoms. The molecule has 0 saturated carbocycles. The Morgan fingerprint density at radius 3 is 3.00 bits per heavy atom. The molecule has 5 heteroatoms. The Morgan fingerprint density at radius 2 is 2.29 bits per heavy atom. The molecule has 1 N–H and O–H groups in total. The number of nitrogens with zero attached hydrogens (tertiary/aromatic N) is 3. The summed E-state index contributed by atoms with van der Waals surface area (Å²) in [5.41, 5.74) is 0.648. The van der Waals surface area contributed by atoms with Crippen molar-refractivity contribution in [1.29, 1.82) is 0 Å². The van der Waals surface area contributed by atoms with Gasteiger partial charge in [0.15, 0.2) is 0 Å². The maximum absolute atomic E-state index is 9.40. The molecule has 1 fully saturated rings. The van der Waals surface area contributed by atoms with Crippen LogP contribution in [0.15, 0.2) is 6.33 Å². The number of aliphatic hydroxyl groups excluding tert-OH is 1. The molecule has 0 spiro atoms. The highest BCUT2D eigenvalue weighted by molar-refractivity contribution is 6.30. The van der Waals surface area contributed by atoms with Gasteiger partial charge in [0.1, 0.15) is 17.3 Å². The number of hydrogen-bond donors (Lipinski definition) is 1. The zero-order valence-corrected chi connectivity index (χ0v) is 10.8. The SMILES string of the molecule is CCC1CCCCN1c1ncnc(Cl)c1CO. The van der Waals surface area contributed by atoms with Gasteiger partial charge in [0.25, 0.3) is 0 Å². The van der Waals surface area contributed by atoms with Gasteiger partial charge in [-0.05, 0) is 25.7 Å². The summed E-state index contributed by atoms with van der Waals surface area (Å²) in [6, 6.07) is 0.500. The maximum Gasteiger partial charge on any atom is 0.140 e. The fraction of sp³-hybridized carbons (Fsp3) is 0.667. The number of anilines is 1. The molecule has 1 aliphatic rings. The Hall–Kier alpha value is -0.870. The third-order valence-electron chi connectivity index (χ3n) is 3.40. The van der Waals surface area contributed by atoms with E-state index >= 15 is 0 Å². The average Bonchev–Trinajstić information content (AvgIpc) is 2.38. The second kappa shape index (κ2) is 5.65. The Labute approximate surface area is 107 Å². The van der Waals surface area contributed by atoms with E-state index in [0.29, 0.717) is 16.8 Å². The largest absolute Gasteiger partial charge is 0.391 e. The van der Waals surface area contributed by atoms with E-state index in [1.807, 2.05) is 0 Å². The minimum absolute atomic E-state index is 0.109. The van der Waals surface area contributed by atoms with Crippen molar-refractivity contribution in [2.45, 2.75) is 45.3 Å². The first-order valence-electron chi connectivity index (χ1n) is 6.14. The topological polar surface area (TPSA) is 49.2 Å². The van der Waals surface area contributed by atoms with Gasteiger partial charge in [-0.2, -0.15) is 0 Å². The summed E-state index contributed by atoms with van der Waals surface area (Å²) >= 11 is 6.00. The number of hydrogen-bond acceptors (Lipinski definition) is 4. The van der Waals surface area contributed by atoms with Crippen molar-refractivity contribution in [1.82, 2.24) is 9.97 Å². The van der Waals surface area contributed by atoms with Gasteiger partial charge in [0, 0.05) is 12.6 Å². The van der Waals surface area contributed by atoms with E-state index in [4.69, 9.17) is 11.6 Å². The minimum Gasteiger partial charge on any atom is -0.391 e. The molecule has 94 valence electrons. The van der Waals surface area contributed by atoms with Gasteiger partial charge < -0.3 is 10.0 Å². The van der Waals surface area contributed by atoms with Crippen molar-refractivity contribution in [2.24, 2.45) is 0 Å². The predicted octanol–water partition coefficient (Wildman–Crippen LogP) is 2.39. The highest BCUT2D eigenvalue weighted by Crippen LogP contribution is 2.29. The van der Waals surface area contributed by atoms with Gasteiger partial charge in [-0.15, -0.1) is 0 Å². The second-order valence-corrected chi connectivity index (χ2v) is 4.73. The molecule has 1 saturated heterocycles. The van der Waals surface area contributed by atoms with Crippen LogP contribution in [0.1, 0.15) is 38.2 Å². The van der Waals surface area contributed by atoms with E-state index in [1.165, 1.54) is 25.6 Å². The smallest absolute Gasteiger partial charge is 0.140 e. The standard InChI is InChI=1S/C12H18ClN3O/c1-2-9-5-3-4-6-16(9)12-10(7-17)11(13)14-8-15-12/h8-9,17H,2-7H2,1H3. The highest BCUT2D eigenvalue weighted by Gasteiger charge is 2.25.